The van der Waals surface area contributed by atoms with Crippen LogP contribution in [0.15, 0.2) is 42.6 Å². The van der Waals surface area contributed by atoms with Crippen LogP contribution in [-0.4, -0.2) is 45.4 Å². The molecule has 0 saturated carbocycles. The molecule has 1 aliphatic carbocycles. The maximum absolute atomic E-state index is 14.5. The van der Waals surface area contributed by atoms with Crippen molar-refractivity contribution in [2.24, 2.45) is 0 Å². The van der Waals surface area contributed by atoms with E-state index in [1.807, 2.05) is 6.92 Å². The number of rotatable bonds is 10. The van der Waals surface area contributed by atoms with Gasteiger partial charge in [-0.3, -0.25) is 14.4 Å². The van der Waals surface area contributed by atoms with E-state index in [-0.39, 0.29) is 29.3 Å². The number of carbonyl (C=O) groups excluding carboxylic acids is 3. The van der Waals surface area contributed by atoms with E-state index in [2.05, 4.69) is 30.2 Å². The summed E-state index contributed by atoms with van der Waals surface area (Å²) in [6.07, 6.45) is 2.02. The highest BCUT2D eigenvalue weighted by atomic mass is 19.3. The lowest BCUT2D eigenvalue weighted by molar-refractivity contribution is -0.0692. The van der Waals surface area contributed by atoms with Crippen molar-refractivity contribution in [3.05, 3.63) is 87.6 Å². The van der Waals surface area contributed by atoms with Crippen LogP contribution < -0.4 is 20.1 Å². The van der Waals surface area contributed by atoms with Crippen LogP contribution in [-0.2, 0) is 13.0 Å². The lowest BCUT2D eigenvalue weighted by Crippen LogP contribution is -2.30. The van der Waals surface area contributed by atoms with E-state index in [9.17, 15) is 36.3 Å². The molecule has 2 aromatic carbocycles. The number of amides is 2. The smallest absolute Gasteiger partial charge is 0.387 e. The van der Waals surface area contributed by atoms with Crippen LogP contribution in [0.5, 0.6) is 11.5 Å². The molecule has 2 heterocycles. The van der Waals surface area contributed by atoms with Crippen LogP contribution in [0.3, 0.4) is 0 Å². The zero-order valence-electron chi connectivity index (χ0n) is 23.2. The van der Waals surface area contributed by atoms with Crippen LogP contribution in [0.25, 0.3) is 5.65 Å². The largest absolute Gasteiger partial charge is 0.431 e. The number of nitrogens with one attached hydrogen (secondary N) is 2. The molecule has 2 N–H and O–H groups in total. The molecule has 0 aliphatic heterocycles. The number of Topliss-reactive ketones (excluding diaryl/α,β-unsaturated/α-hetero) is 1. The Morgan fingerprint density at radius 1 is 1.02 bits per heavy atom. The van der Waals surface area contributed by atoms with Crippen LogP contribution >= 0.6 is 0 Å². The van der Waals surface area contributed by atoms with Crippen LogP contribution in [0.2, 0.25) is 0 Å². The molecular formula is C29H24F5N5O5. The van der Waals surface area contributed by atoms with Crippen molar-refractivity contribution in [2.45, 2.75) is 52.5 Å². The molecule has 1 aliphatic rings. The number of ether oxygens (including phenoxy) is 2. The van der Waals surface area contributed by atoms with E-state index in [0.29, 0.717) is 18.4 Å². The molecular weight excluding hydrogens is 593 g/mol. The number of ketones is 1. The summed E-state index contributed by atoms with van der Waals surface area (Å²) in [6.45, 7) is -3.59. The number of hydrogen-bond acceptors (Lipinski definition) is 7. The number of fused-ring (bicyclic) bond motifs is 2. The summed E-state index contributed by atoms with van der Waals surface area (Å²) in [5.41, 5.74) is 2.50. The molecule has 44 heavy (non-hydrogen) atoms. The number of aromatic nitrogens is 3. The highest BCUT2D eigenvalue weighted by Crippen LogP contribution is 2.35. The Labute approximate surface area is 246 Å². The lowest BCUT2D eigenvalue weighted by atomic mass is 9.96. The second kappa shape index (κ2) is 12.3. The van der Waals surface area contributed by atoms with E-state index in [0.717, 1.165) is 45.6 Å². The summed E-state index contributed by atoms with van der Waals surface area (Å²) in [4.78, 5) is 42.4. The Morgan fingerprint density at radius 2 is 1.75 bits per heavy atom. The Morgan fingerprint density at radius 3 is 2.45 bits per heavy atom. The molecule has 0 spiro atoms. The van der Waals surface area contributed by atoms with Gasteiger partial charge in [0.05, 0.1) is 12.2 Å². The fraction of sp³-hybridized carbons (Fsp3) is 0.276. The normalized spacial score (nSPS) is 14.2. The number of hydrogen-bond donors (Lipinski definition) is 2. The molecule has 4 aromatic rings. The summed E-state index contributed by atoms with van der Waals surface area (Å²) in [6, 6.07) is 7.40. The molecule has 230 valence electrons. The van der Waals surface area contributed by atoms with Gasteiger partial charge in [-0.05, 0) is 61.1 Å². The van der Waals surface area contributed by atoms with Crippen molar-refractivity contribution in [1.29, 1.82) is 0 Å². The van der Waals surface area contributed by atoms with Gasteiger partial charge in [-0.25, -0.2) is 13.9 Å². The monoisotopic (exact) mass is 617 g/mol. The van der Waals surface area contributed by atoms with Gasteiger partial charge < -0.3 is 20.1 Å². The number of carbonyl (C=O) groups is 3. The molecule has 2 aromatic heterocycles. The Balaban J connectivity index is 1.37. The Hall–Kier alpha value is -5.08. The summed E-state index contributed by atoms with van der Waals surface area (Å²) >= 11 is 0. The molecule has 15 heteroatoms. The third-order valence-corrected chi connectivity index (χ3v) is 7.17. The number of nitrogens with zero attached hydrogens (tertiary/aromatic N) is 3. The fourth-order valence-electron chi connectivity index (χ4n) is 5.17. The Bertz CT molecular complexity index is 1780. The maximum atomic E-state index is 14.5. The highest BCUT2D eigenvalue weighted by Gasteiger charge is 2.29. The van der Waals surface area contributed by atoms with Crippen molar-refractivity contribution in [3.8, 4) is 11.5 Å². The van der Waals surface area contributed by atoms with E-state index >= 15 is 0 Å². The second-order valence-electron chi connectivity index (χ2n) is 9.90. The quantitative estimate of drug-likeness (QED) is 0.191. The van der Waals surface area contributed by atoms with Gasteiger partial charge >= 0.3 is 13.2 Å². The fourth-order valence-corrected chi connectivity index (χ4v) is 5.17. The third kappa shape index (κ3) is 6.16. The molecule has 0 fully saturated rings. The van der Waals surface area contributed by atoms with Crippen molar-refractivity contribution in [3.63, 3.8) is 0 Å². The zero-order valence-corrected chi connectivity index (χ0v) is 23.2. The predicted octanol–water partition coefficient (Wildman–Crippen LogP) is 4.93. The maximum Gasteiger partial charge on any atom is 0.387 e. The van der Waals surface area contributed by atoms with Gasteiger partial charge in [0.1, 0.15) is 11.4 Å². The first-order valence-electron chi connectivity index (χ1n) is 13.2. The average molecular weight is 618 g/mol. The van der Waals surface area contributed by atoms with E-state index in [1.54, 1.807) is 12.1 Å². The van der Waals surface area contributed by atoms with Gasteiger partial charge in [0, 0.05) is 18.2 Å². The molecule has 1 atom stereocenters. The topological polar surface area (TPSA) is 124 Å². The van der Waals surface area contributed by atoms with E-state index < -0.39 is 54.0 Å². The Kier molecular flexibility index (Phi) is 8.47. The summed E-state index contributed by atoms with van der Waals surface area (Å²) in [5, 5.41) is 9.21. The molecule has 0 radical (unpaired) electrons. The molecule has 10 nitrogen and oxygen atoms in total. The number of benzene rings is 2. The standard InChI is InChI=1S/C29H24F5N5O5/c1-13-16(14(2)40)4-5-18-17(13)6-7-20(18)38-27(42)22-10-21(37-25-19(30)12-36-39(22)25)26(41)35-11-15-3-8-23(43-28(31)32)24(9-15)44-29(33)34/h3-5,8-10,12,20,28-29H,6-7,11H2,1-2H3,(H,35,41)(H,38,42)/t20-/m0/s1. The molecule has 5 rings (SSSR count). The van der Waals surface area contributed by atoms with Gasteiger partial charge in [-0.2, -0.15) is 22.7 Å². The van der Waals surface area contributed by atoms with Gasteiger partial charge in [-0.15, -0.1) is 0 Å². The van der Waals surface area contributed by atoms with Crippen molar-refractivity contribution >= 4 is 23.2 Å². The highest BCUT2D eigenvalue weighted by molar-refractivity contribution is 5.99. The molecule has 2 amide bonds. The van der Waals surface area contributed by atoms with E-state index in [4.69, 9.17) is 0 Å². The van der Waals surface area contributed by atoms with Crippen molar-refractivity contribution in [1.82, 2.24) is 25.2 Å². The van der Waals surface area contributed by atoms with Gasteiger partial charge in [0.2, 0.25) is 0 Å². The number of alkyl halides is 4. The van der Waals surface area contributed by atoms with Crippen molar-refractivity contribution in [2.75, 3.05) is 0 Å². The van der Waals surface area contributed by atoms with Crippen molar-refractivity contribution < 1.29 is 45.8 Å². The first-order valence-corrected chi connectivity index (χ1v) is 13.2. The van der Waals surface area contributed by atoms with Crippen LogP contribution in [0, 0.1) is 12.7 Å². The minimum absolute atomic E-state index is 0.0665. The van der Waals surface area contributed by atoms with Crippen LogP contribution in [0.4, 0.5) is 22.0 Å². The predicted molar refractivity (Wildman–Crippen MR) is 144 cm³/mol. The number of halogens is 5. The second-order valence-corrected chi connectivity index (χ2v) is 9.90. The minimum Gasteiger partial charge on any atom is -0.431 e. The first-order chi connectivity index (χ1) is 20.9. The summed E-state index contributed by atoms with van der Waals surface area (Å²) in [5.74, 6) is -3.78. The van der Waals surface area contributed by atoms with Crippen LogP contribution in [0.1, 0.15) is 73.0 Å². The average Bonchev–Trinajstić information content (AvgIpc) is 3.55. The lowest BCUT2D eigenvalue weighted by Gasteiger charge is -2.16. The summed E-state index contributed by atoms with van der Waals surface area (Å²) < 4.78 is 74.7. The third-order valence-electron chi connectivity index (χ3n) is 7.17. The minimum atomic E-state index is -3.33. The molecule has 0 unspecified atom stereocenters. The van der Waals surface area contributed by atoms with Gasteiger partial charge in [-0.1, -0.05) is 18.2 Å². The first kappa shape index (κ1) is 30.4. The van der Waals surface area contributed by atoms with Gasteiger partial charge in [0.15, 0.2) is 28.7 Å². The zero-order chi connectivity index (χ0) is 31.7. The SMILES string of the molecule is CC(=O)c1ccc2c(c1C)CC[C@@H]2NC(=O)c1cc(C(=O)NCc2ccc(OC(F)F)c(OC(F)F)c2)nc2c(F)cnn12. The van der Waals surface area contributed by atoms with E-state index in [1.165, 1.54) is 13.0 Å². The molecule has 0 saturated heterocycles. The van der Waals surface area contributed by atoms with Gasteiger partial charge in [0.25, 0.3) is 11.8 Å². The molecule has 0 bridgehead atoms. The summed E-state index contributed by atoms with van der Waals surface area (Å²) in [7, 11) is 0.